The third-order valence-corrected chi connectivity index (χ3v) is 2.54. The van der Waals surface area contributed by atoms with Gasteiger partial charge in [-0.05, 0) is 39.3 Å². The molecule has 0 rings (SSSR count). The van der Waals surface area contributed by atoms with E-state index in [1.807, 2.05) is 32.1 Å². The lowest BCUT2D eigenvalue weighted by atomic mass is 10.2. The molecule has 0 spiro atoms. The lowest BCUT2D eigenvalue weighted by Crippen LogP contribution is -2.24. The van der Waals surface area contributed by atoms with Gasteiger partial charge in [-0.1, -0.05) is 50.8 Å². The number of hydrogen-bond donors (Lipinski definition) is 1. The van der Waals surface area contributed by atoms with Gasteiger partial charge >= 0.3 is 0 Å². The van der Waals surface area contributed by atoms with Crippen molar-refractivity contribution in [3.05, 3.63) is 48.2 Å². The predicted molar refractivity (Wildman–Crippen MR) is 91.1 cm³/mol. The summed E-state index contributed by atoms with van der Waals surface area (Å²) >= 11 is 0. The Labute approximate surface area is 125 Å². The number of hydrogen-bond acceptors (Lipinski definition) is 3. The van der Waals surface area contributed by atoms with Gasteiger partial charge in [-0.15, -0.1) is 0 Å². The van der Waals surface area contributed by atoms with Crippen LogP contribution in [0.15, 0.2) is 58.5 Å². The number of nitrogens with zero attached hydrogens (tertiary/aromatic N) is 2. The SMILES string of the molecule is C=C(C)/C=C\C(=C)/C(=C/C)N=NC.CCNC(C)CC. The van der Waals surface area contributed by atoms with Crippen molar-refractivity contribution in [2.45, 2.75) is 47.1 Å². The Hall–Kier alpha value is -1.48. The van der Waals surface area contributed by atoms with E-state index in [-0.39, 0.29) is 0 Å². The topological polar surface area (TPSA) is 36.8 Å². The fraction of sp³-hybridized carbons (Fsp3) is 0.529. The lowest BCUT2D eigenvalue weighted by Gasteiger charge is -2.06. The normalized spacial score (nSPS) is 13.2. The first-order valence-corrected chi connectivity index (χ1v) is 7.15. The van der Waals surface area contributed by atoms with E-state index < -0.39 is 0 Å². The van der Waals surface area contributed by atoms with Gasteiger partial charge in [0.2, 0.25) is 0 Å². The summed E-state index contributed by atoms with van der Waals surface area (Å²) in [5.41, 5.74) is 2.63. The molecule has 0 aliphatic carbocycles. The molecular weight excluding hydrogens is 246 g/mol. The second-order valence-corrected chi connectivity index (χ2v) is 4.55. The summed E-state index contributed by atoms with van der Waals surface area (Å²) in [6.07, 6.45) is 6.88. The Balaban J connectivity index is 0. The molecule has 0 fully saturated rings. The third kappa shape index (κ3) is 13.0. The first-order chi connectivity index (χ1) is 9.42. The van der Waals surface area contributed by atoms with Gasteiger partial charge in [-0.3, -0.25) is 0 Å². The van der Waals surface area contributed by atoms with Crippen LogP contribution in [0.3, 0.4) is 0 Å². The summed E-state index contributed by atoms with van der Waals surface area (Å²) < 4.78 is 0. The van der Waals surface area contributed by atoms with Gasteiger partial charge < -0.3 is 5.32 Å². The van der Waals surface area contributed by atoms with Crippen molar-refractivity contribution >= 4 is 0 Å². The molecule has 114 valence electrons. The smallest absolute Gasteiger partial charge is 0.0876 e. The van der Waals surface area contributed by atoms with Crippen LogP contribution in [0, 0.1) is 0 Å². The van der Waals surface area contributed by atoms with Crippen molar-refractivity contribution < 1.29 is 0 Å². The molecule has 0 aliphatic rings. The van der Waals surface area contributed by atoms with E-state index in [4.69, 9.17) is 0 Å². The average molecular weight is 277 g/mol. The van der Waals surface area contributed by atoms with Crippen molar-refractivity contribution in [1.82, 2.24) is 5.32 Å². The van der Waals surface area contributed by atoms with Gasteiger partial charge in [0.05, 0.1) is 5.70 Å². The van der Waals surface area contributed by atoms with Gasteiger partial charge in [0.1, 0.15) is 0 Å². The van der Waals surface area contributed by atoms with Crippen LogP contribution in [0.2, 0.25) is 0 Å². The van der Waals surface area contributed by atoms with Crippen LogP contribution in [0.4, 0.5) is 0 Å². The molecular formula is C17H31N3. The third-order valence-electron chi connectivity index (χ3n) is 2.54. The molecule has 0 saturated carbocycles. The van der Waals surface area contributed by atoms with Gasteiger partial charge in [0.25, 0.3) is 0 Å². The summed E-state index contributed by atoms with van der Waals surface area (Å²) in [5, 5.41) is 10.9. The van der Waals surface area contributed by atoms with Gasteiger partial charge in [-0.25, -0.2) is 0 Å². The number of azo groups is 1. The highest BCUT2D eigenvalue weighted by Crippen LogP contribution is 2.11. The second-order valence-electron chi connectivity index (χ2n) is 4.55. The number of rotatable bonds is 7. The molecule has 1 unspecified atom stereocenters. The molecule has 0 saturated heterocycles. The Morgan fingerprint density at radius 1 is 1.25 bits per heavy atom. The molecule has 0 aromatic heterocycles. The monoisotopic (exact) mass is 277 g/mol. The minimum atomic E-state index is 0.699. The quantitative estimate of drug-likeness (QED) is 0.513. The first-order valence-electron chi connectivity index (χ1n) is 7.15. The molecule has 0 bridgehead atoms. The Kier molecular flexibility index (Phi) is 14.5. The van der Waals surface area contributed by atoms with E-state index in [0.29, 0.717) is 6.04 Å². The average Bonchev–Trinajstić information content (AvgIpc) is 2.43. The van der Waals surface area contributed by atoms with E-state index in [1.165, 1.54) is 6.42 Å². The standard InChI is InChI=1S/C11H16N2.C6H15N/c1-6-11(13-12-5)10(4)8-7-9(2)3;1-4-6(3)7-5-2/h6-8H,2,4H2,1,3,5H3;6-7H,4-5H2,1-3H3/b8-7-,11-6-,13-12?;. The lowest BCUT2D eigenvalue weighted by molar-refractivity contribution is 0.553. The predicted octanol–water partition coefficient (Wildman–Crippen LogP) is 5.06. The molecule has 20 heavy (non-hydrogen) atoms. The number of allylic oxidation sites excluding steroid dienone is 4. The van der Waals surface area contributed by atoms with Crippen LogP contribution in [0.1, 0.15) is 41.0 Å². The zero-order valence-corrected chi connectivity index (χ0v) is 14.0. The Bertz CT molecular complexity index is 362. The fourth-order valence-electron chi connectivity index (χ4n) is 1.24. The van der Waals surface area contributed by atoms with Crippen LogP contribution in [0.5, 0.6) is 0 Å². The summed E-state index contributed by atoms with van der Waals surface area (Å²) in [5.74, 6) is 0. The molecule has 0 aliphatic heterocycles. The van der Waals surface area contributed by atoms with E-state index in [9.17, 15) is 0 Å². The van der Waals surface area contributed by atoms with Crippen LogP contribution >= 0.6 is 0 Å². The molecule has 3 nitrogen and oxygen atoms in total. The maximum atomic E-state index is 3.93. The Morgan fingerprint density at radius 2 is 1.85 bits per heavy atom. The van der Waals surface area contributed by atoms with Crippen LogP contribution in [0.25, 0.3) is 0 Å². The van der Waals surface area contributed by atoms with Crippen molar-refractivity contribution in [2.24, 2.45) is 10.2 Å². The van der Waals surface area contributed by atoms with Crippen LogP contribution in [-0.4, -0.2) is 19.6 Å². The zero-order valence-electron chi connectivity index (χ0n) is 14.0. The highest BCUT2D eigenvalue weighted by Gasteiger charge is 1.94. The minimum Gasteiger partial charge on any atom is -0.315 e. The molecule has 0 amide bonds. The van der Waals surface area contributed by atoms with Crippen molar-refractivity contribution in [3.63, 3.8) is 0 Å². The van der Waals surface area contributed by atoms with Gasteiger partial charge in [-0.2, -0.15) is 10.2 Å². The summed E-state index contributed by atoms with van der Waals surface area (Å²) in [7, 11) is 1.64. The molecule has 0 radical (unpaired) electrons. The first kappa shape index (κ1) is 20.8. The van der Waals surface area contributed by atoms with E-state index >= 15 is 0 Å². The molecule has 0 aromatic rings. The molecule has 0 aromatic carbocycles. The van der Waals surface area contributed by atoms with Gasteiger partial charge in [0.15, 0.2) is 0 Å². The highest BCUT2D eigenvalue weighted by molar-refractivity contribution is 5.37. The molecule has 0 heterocycles. The van der Waals surface area contributed by atoms with Crippen LogP contribution in [-0.2, 0) is 0 Å². The van der Waals surface area contributed by atoms with E-state index in [1.54, 1.807) is 7.05 Å². The Morgan fingerprint density at radius 3 is 2.15 bits per heavy atom. The van der Waals surface area contributed by atoms with Crippen molar-refractivity contribution in [3.8, 4) is 0 Å². The zero-order chi connectivity index (χ0) is 16.0. The van der Waals surface area contributed by atoms with Crippen molar-refractivity contribution in [2.75, 3.05) is 13.6 Å². The largest absolute Gasteiger partial charge is 0.315 e. The molecule has 3 heteroatoms. The molecule has 1 atom stereocenters. The van der Waals surface area contributed by atoms with Crippen molar-refractivity contribution in [1.29, 1.82) is 0 Å². The maximum Gasteiger partial charge on any atom is 0.0876 e. The minimum absolute atomic E-state index is 0.699. The molecule has 1 N–H and O–H groups in total. The van der Waals surface area contributed by atoms with E-state index in [2.05, 4.69) is 49.5 Å². The summed E-state index contributed by atoms with van der Waals surface area (Å²) in [6, 6.07) is 0.699. The summed E-state index contributed by atoms with van der Waals surface area (Å²) in [6.45, 7) is 19.1. The van der Waals surface area contributed by atoms with Gasteiger partial charge in [0, 0.05) is 13.1 Å². The van der Waals surface area contributed by atoms with E-state index in [0.717, 1.165) is 23.4 Å². The number of nitrogens with one attached hydrogen (secondary N) is 1. The second kappa shape index (κ2) is 13.9. The fourth-order valence-corrected chi connectivity index (χ4v) is 1.24. The maximum absolute atomic E-state index is 3.93. The highest BCUT2D eigenvalue weighted by atomic mass is 15.1. The van der Waals surface area contributed by atoms with Crippen LogP contribution < -0.4 is 5.32 Å². The summed E-state index contributed by atoms with van der Waals surface area (Å²) in [4.78, 5) is 0.